The number of anilines is 1. The first kappa shape index (κ1) is 19.9. The predicted molar refractivity (Wildman–Crippen MR) is 113 cm³/mol. The molecule has 0 N–H and O–H groups in total. The second-order valence-electron chi connectivity index (χ2n) is 8.00. The van der Waals surface area contributed by atoms with Crippen LogP contribution in [-0.2, 0) is 21.2 Å². The third-order valence-corrected chi connectivity index (χ3v) is 7.71. The monoisotopic (exact) mass is 414 g/mol. The standard InChI is InChI=1S/C22H26N2O4S/c1-15-4-7-18(10-16(15)2)24-21-14-29(26,27)13-20(21)23(12-22(24)25)11-17-5-8-19(28-3)9-6-17/h4-10,20-21H,11-14H2,1-3H3. The Kier molecular flexibility index (Phi) is 5.12. The van der Waals surface area contributed by atoms with Crippen LogP contribution in [0.2, 0.25) is 0 Å². The highest BCUT2D eigenvalue weighted by Gasteiger charge is 2.49. The van der Waals surface area contributed by atoms with Crippen molar-refractivity contribution >= 4 is 21.4 Å². The van der Waals surface area contributed by atoms with E-state index >= 15 is 0 Å². The Morgan fingerprint density at radius 2 is 1.69 bits per heavy atom. The zero-order chi connectivity index (χ0) is 20.8. The molecule has 2 atom stereocenters. The SMILES string of the molecule is COc1ccc(CN2CC(=O)N(c3ccc(C)c(C)c3)C3CS(=O)(=O)CC32)cc1. The van der Waals surface area contributed by atoms with Gasteiger partial charge < -0.3 is 9.64 Å². The summed E-state index contributed by atoms with van der Waals surface area (Å²) < 4.78 is 30.2. The van der Waals surface area contributed by atoms with Crippen molar-refractivity contribution in [2.24, 2.45) is 0 Å². The van der Waals surface area contributed by atoms with Gasteiger partial charge in [0.25, 0.3) is 0 Å². The van der Waals surface area contributed by atoms with E-state index in [1.165, 1.54) is 0 Å². The molecule has 2 aliphatic rings. The molecular weight excluding hydrogens is 388 g/mol. The van der Waals surface area contributed by atoms with E-state index in [4.69, 9.17) is 4.74 Å². The van der Waals surface area contributed by atoms with Crippen LogP contribution >= 0.6 is 0 Å². The first-order chi connectivity index (χ1) is 13.8. The molecule has 2 aromatic carbocycles. The van der Waals surface area contributed by atoms with E-state index in [0.29, 0.717) is 6.54 Å². The molecule has 0 spiro atoms. The molecular formula is C22H26N2O4S. The Hall–Kier alpha value is -2.38. The lowest BCUT2D eigenvalue weighted by molar-refractivity contribution is -0.123. The first-order valence-electron chi connectivity index (χ1n) is 9.74. The van der Waals surface area contributed by atoms with Gasteiger partial charge >= 0.3 is 0 Å². The Balaban J connectivity index is 1.64. The van der Waals surface area contributed by atoms with E-state index < -0.39 is 9.84 Å². The number of hydrogen-bond acceptors (Lipinski definition) is 5. The van der Waals surface area contributed by atoms with Crippen LogP contribution in [0.4, 0.5) is 5.69 Å². The van der Waals surface area contributed by atoms with Crippen LogP contribution in [0.1, 0.15) is 16.7 Å². The molecule has 2 fully saturated rings. The van der Waals surface area contributed by atoms with Crippen molar-refractivity contribution in [2.75, 3.05) is 30.1 Å². The summed E-state index contributed by atoms with van der Waals surface area (Å²) in [4.78, 5) is 16.8. The van der Waals surface area contributed by atoms with Crippen LogP contribution in [0.3, 0.4) is 0 Å². The summed E-state index contributed by atoms with van der Waals surface area (Å²) in [6.45, 7) is 4.77. The molecule has 2 heterocycles. The summed E-state index contributed by atoms with van der Waals surface area (Å²) in [5, 5.41) is 0. The van der Waals surface area contributed by atoms with Gasteiger partial charge in [-0.2, -0.15) is 0 Å². The molecule has 0 aliphatic carbocycles. The minimum absolute atomic E-state index is 0.00937. The molecule has 0 bridgehead atoms. The minimum Gasteiger partial charge on any atom is -0.497 e. The lowest BCUT2D eigenvalue weighted by Crippen LogP contribution is -2.61. The number of carbonyl (C=O) groups excluding carboxylic acids is 1. The number of ether oxygens (including phenoxy) is 1. The number of rotatable bonds is 4. The number of methoxy groups -OCH3 is 1. The number of piperazine rings is 1. The van der Waals surface area contributed by atoms with Gasteiger partial charge in [-0.3, -0.25) is 9.69 Å². The maximum atomic E-state index is 13.1. The normalized spacial score (nSPS) is 23.8. The fraction of sp³-hybridized carbons (Fsp3) is 0.409. The van der Waals surface area contributed by atoms with Crippen LogP contribution in [0.25, 0.3) is 0 Å². The quantitative estimate of drug-likeness (QED) is 0.768. The van der Waals surface area contributed by atoms with Gasteiger partial charge in [-0.1, -0.05) is 18.2 Å². The zero-order valence-corrected chi connectivity index (χ0v) is 17.8. The maximum Gasteiger partial charge on any atom is 0.241 e. The summed E-state index contributed by atoms with van der Waals surface area (Å²) >= 11 is 0. The summed E-state index contributed by atoms with van der Waals surface area (Å²) in [7, 11) is -1.58. The number of carbonyl (C=O) groups is 1. The Bertz CT molecular complexity index is 1030. The highest BCUT2D eigenvalue weighted by Crippen LogP contribution is 2.33. The molecule has 1 amide bonds. The molecule has 154 valence electrons. The van der Waals surface area contributed by atoms with E-state index in [-0.39, 0.29) is 36.0 Å². The zero-order valence-electron chi connectivity index (χ0n) is 17.0. The number of benzene rings is 2. The van der Waals surface area contributed by atoms with Gasteiger partial charge in [-0.25, -0.2) is 8.42 Å². The van der Waals surface area contributed by atoms with E-state index in [1.807, 2.05) is 61.2 Å². The number of hydrogen-bond donors (Lipinski definition) is 0. The summed E-state index contributed by atoms with van der Waals surface area (Å²) in [5.41, 5.74) is 4.05. The Morgan fingerprint density at radius 3 is 2.34 bits per heavy atom. The molecule has 7 heteroatoms. The lowest BCUT2D eigenvalue weighted by Gasteiger charge is -2.43. The molecule has 2 unspecified atom stereocenters. The molecule has 2 aliphatic heterocycles. The fourth-order valence-corrected chi connectivity index (χ4v) is 6.29. The molecule has 0 radical (unpaired) electrons. The Morgan fingerprint density at radius 1 is 1.00 bits per heavy atom. The van der Waals surface area contributed by atoms with Crippen molar-refractivity contribution in [3.05, 3.63) is 59.2 Å². The molecule has 4 rings (SSSR count). The maximum absolute atomic E-state index is 13.1. The average Bonchev–Trinajstić information content (AvgIpc) is 3.00. The van der Waals surface area contributed by atoms with E-state index in [0.717, 1.165) is 28.1 Å². The fourth-order valence-electron chi connectivity index (χ4n) is 4.31. The van der Waals surface area contributed by atoms with Gasteiger partial charge in [-0.05, 0) is 54.8 Å². The largest absolute Gasteiger partial charge is 0.497 e. The van der Waals surface area contributed by atoms with E-state index in [9.17, 15) is 13.2 Å². The predicted octanol–water partition coefficient (Wildman–Crippen LogP) is 2.33. The van der Waals surface area contributed by atoms with Crippen molar-refractivity contribution in [3.63, 3.8) is 0 Å². The van der Waals surface area contributed by atoms with Crippen molar-refractivity contribution in [3.8, 4) is 5.75 Å². The molecule has 29 heavy (non-hydrogen) atoms. The van der Waals surface area contributed by atoms with Gasteiger partial charge in [0.05, 0.1) is 31.2 Å². The number of sulfone groups is 1. The van der Waals surface area contributed by atoms with Gasteiger partial charge in [0.15, 0.2) is 9.84 Å². The van der Waals surface area contributed by atoms with Crippen LogP contribution in [0.5, 0.6) is 5.75 Å². The van der Waals surface area contributed by atoms with Crippen molar-refractivity contribution in [1.82, 2.24) is 4.90 Å². The van der Waals surface area contributed by atoms with Crippen molar-refractivity contribution < 1.29 is 17.9 Å². The average molecular weight is 415 g/mol. The topological polar surface area (TPSA) is 66.9 Å². The smallest absolute Gasteiger partial charge is 0.241 e. The second kappa shape index (κ2) is 7.46. The van der Waals surface area contributed by atoms with Crippen molar-refractivity contribution in [1.29, 1.82) is 0 Å². The summed E-state index contributed by atoms with van der Waals surface area (Å²) in [6, 6.07) is 13.0. The number of amides is 1. The third-order valence-electron chi connectivity index (χ3n) is 6.01. The number of aryl methyl sites for hydroxylation is 2. The van der Waals surface area contributed by atoms with Gasteiger partial charge in [0.1, 0.15) is 5.75 Å². The lowest BCUT2D eigenvalue weighted by atomic mass is 10.0. The van der Waals surface area contributed by atoms with Gasteiger partial charge in [0.2, 0.25) is 5.91 Å². The summed E-state index contributed by atoms with van der Waals surface area (Å²) in [6.07, 6.45) is 0. The van der Waals surface area contributed by atoms with Crippen LogP contribution in [-0.4, -0.2) is 56.5 Å². The second-order valence-corrected chi connectivity index (χ2v) is 10.2. The van der Waals surface area contributed by atoms with E-state index in [2.05, 4.69) is 0 Å². The van der Waals surface area contributed by atoms with Crippen LogP contribution in [0, 0.1) is 13.8 Å². The van der Waals surface area contributed by atoms with Crippen LogP contribution in [0.15, 0.2) is 42.5 Å². The molecule has 6 nitrogen and oxygen atoms in total. The highest BCUT2D eigenvalue weighted by atomic mass is 32.2. The van der Waals surface area contributed by atoms with Gasteiger partial charge in [0, 0.05) is 18.3 Å². The Labute approximate surface area is 172 Å². The minimum atomic E-state index is -3.20. The van der Waals surface area contributed by atoms with E-state index in [1.54, 1.807) is 12.0 Å². The summed E-state index contributed by atoms with van der Waals surface area (Å²) in [5.74, 6) is 0.809. The van der Waals surface area contributed by atoms with Crippen molar-refractivity contribution in [2.45, 2.75) is 32.5 Å². The third kappa shape index (κ3) is 3.89. The number of fused-ring (bicyclic) bond motifs is 1. The number of nitrogens with zero attached hydrogens (tertiary/aromatic N) is 2. The van der Waals surface area contributed by atoms with Gasteiger partial charge in [-0.15, -0.1) is 0 Å². The molecule has 0 saturated carbocycles. The first-order valence-corrected chi connectivity index (χ1v) is 11.6. The molecule has 0 aromatic heterocycles. The highest BCUT2D eigenvalue weighted by molar-refractivity contribution is 7.91. The van der Waals surface area contributed by atoms with Crippen LogP contribution < -0.4 is 9.64 Å². The molecule has 2 aromatic rings. The molecule has 2 saturated heterocycles.